The topological polar surface area (TPSA) is 81.7 Å². The number of benzene rings is 2. The van der Waals surface area contributed by atoms with Gasteiger partial charge in [0.1, 0.15) is 12.4 Å². The summed E-state index contributed by atoms with van der Waals surface area (Å²) in [6.07, 6.45) is 11.4. The molecule has 1 heterocycles. The van der Waals surface area contributed by atoms with Crippen LogP contribution in [-0.4, -0.2) is 24.9 Å². The summed E-state index contributed by atoms with van der Waals surface area (Å²) < 4.78 is 11.0. The Hall–Kier alpha value is -3.41. The SMILES string of the molecule is C=CCCCCCCCCc1ccc(COC(=O)Cc2cccc3c2C(=O)NC3=O)c(OC)c1. The van der Waals surface area contributed by atoms with E-state index in [1.54, 1.807) is 25.3 Å². The van der Waals surface area contributed by atoms with Crippen molar-refractivity contribution >= 4 is 17.8 Å². The quantitative estimate of drug-likeness (QED) is 0.177. The summed E-state index contributed by atoms with van der Waals surface area (Å²) in [5, 5.41) is 2.26. The van der Waals surface area contributed by atoms with Crippen LogP contribution >= 0.6 is 0 Å². The zero-order valence-corrected chi connectivity index (χ0v) is 19.9. The molecule has 0 atom stereocenters. The van der Waals surface area contributed by atoms with Gasteiger partial charge < -0.3 is 9.47 Å². The van der Waals surface area contributed by atoms with Crippen molar-refractivity contribution in [3.05, 3.63) is 76.9 Å². The van der Waals surface area contributed by atoms with E-state index in [4.69, 9.17) is 9.47 Å². The Bertz CT molecular complexity index is 1040. The number of amides is 2. The summed E-state index contributed by atoms with van der Waals surface area (Å²) >= 11 is 0. The maximum atomic E-state index is 12.4. The molecule has 1 aliphatic heterocycles. The molecule has 0 fully saturated rings. The highest BCUT2D eigenvalue weighted by Gasteiger charge is 2.29. The number of rotatable bonds is 14. The largest absolute Gasteiger partial charge is 0.496 e. The number of carbonyl (C=O) groups excluding carboxylic acids is 3. The molecule has 1 aliphatic rings. The van der Waals surface area contributed by atoms with Gasteiger partial charge in [-0.1, -0.05) is 56.0 Å². The molecule has 1 N–H and O–H groups in total. The van der Waals surface area contributed by atoms with Crippen LogP contribution in [0, 0.1) is 0 Å². The van der Waals surface area contributed by atoms with Crippen molar-refractivity contribution in [2.45, 2.75) is 64.4 Å². The van der Waals surface area contributed by atoms with Gasteiger partial charge in [-0.3, -0.25) is 19.7 Å². The molecule has 34 heavy (non-hydrogen) atoms. The number of aryl methyl sites for hydroxylation is 1. The molecule has 0 aromatic heterocycles. The number of esters is 1. The predicted octanol–water partition coefficient (Wildman–Crippen LogP) is 5.32. The molecule has 0 saturated carbocycles. The first-order valence-corrected chi connectivity index (χ1v) is 11.9. The van der Waals surface area contributed by atoms with Crippen LogP contribution in [0.25, 0.3) is 0 Å². The van der Waals surface area contributed by atoms with Gasteiger partial charge in [0, 0.05) is 5.56 Å². The van der Waals surface area contributed by atoms with Crippen molar-refractivity contribution in [3.63, 3.8) is 0 Å². The highest BCUT2D eigenvalue weighted by atomic mass is 16.5. The van der Waals surface area contributed by atoms with Gasteiger partial charge in [-0.05, 0) is 48.9 Å². The summed E-state index contributed by atoms with van der Waals surface area (Å²) in [5.41, 5.74) is 3.01. The molecule has 0 saturated heterocycles. The molecule has 0 spiro atoms. The van der Waals surface area contributed by atoms with E-state index in [9.17, 15) is 14.4 Å². The number of fused-ring (bicyclic) bond motifs is 1. The normalized spacial score (nSPS) is 12.3. The Morgan fingerprint density at radius 1 is 0.971 bits per heavy atom. The fraction of sp³-hybridized carbons (Fsp3) is 0.393. The van der Waals surface area contributed by atoms with E-state index in [0.29, 0.717) is 16.9 Å². The monoisotopic (exact) mass is 463 g/mol. The summed E-state index contributed by atoms with van der Waals surface area (Å²) in [5.74, 6) is -0.697. The number of hydrogen-bond donors (Lipinski definition) is 1. The van der Waals surface area contributed by atoms with Gasteiger partial charge in [-0.15, -0.1) is 6.58 Å². The Balaban J connectivity index is 1.48. The van der Waals surface area contributed by atoms with Gasteiger partial charge in [0.2, 0.25) is 0 Å². The van der Waals surface area contributed by atoms with Crippen molar-refractivity contribution in [3.8, 4) is 5.75 Å². The first-order valence-electron chi connectivity index (χ1n) is 11.9. The molecule has 0 unspecified atom stereocenters. The van der Waals surface area contributed by atoms with Gasteiger partial charge in [0.15, 0.2) is 0 Å². The van der Waals surface area contributed by atoms with E-state index in [1.807, 2.05) is 18.2 Å². The van der Waals surface area contributed by atoms with Crippen molar-refractivity contribution in [1.82, 2.24) is 5.32 Å². The summed E-state index contributed by atoms with van der Waals surface area (Å²) in [6, 6.07) is 10.9. The third kappa shape index (κ3) is 6.80. The molecule has 180 valence electrons. The van der Waals surface area contributed by atoms with E-state index in [-0.39, 0.29) is 18.6 Å². The Morgan fingerprint density at radius 3 is 2.50 bits per heavy atom. The minimum atomic E-state index is -0.478. The van der Waals surface area contributed by atoms with Crippen LogP contribution in [0.3, 0.4) is 0 Å². The van der Waals surface area contributed by atoms with Gasteiger partial charge in [0.05, 0.1) is 24.7 Å². The van der Waals surface area contributed by atoms with Crippen molar-refractivity contribution in [2.75, 3.05) is 7.11 Å². The standard InChI is InChI=1S/C28H33NO5/c1-3-4-5-6-7-8-9-10-12-20-15-16-22(24(17-20)33-2)19-34-25(30)18-21-13-11-14-23-26(21)28(32)29-27(23)31/h3,11,13-17H,1,4-10,12,18-19H2,2H3,(H,29,31,32). The Kier molecular flexibility index (Phi) is 9.44. The zero-order valence-electron chi connectivity index (χ0n) is 19.9. The maximum Gasteiger partial charge on any atom is 0.310 e. The van der Waals surface area contributed by atoms with E-state index < -0.39 is 17.8 Å². The van der Waals surface area contributed by atoms with Crippen LogP contribution in [0.15, 0.2) is 49.1 Å². The highest BCUT2D eigenvalue weighted by molar-refractivity contribution is 6.22. The van der Waals surface area contributed by atoms with Gasteiger partial charge in [-0.25, -0.2) is 0 Å². The van der Waals surface area contributed by atoms with Crippen molar-refractivity contribution < 1.29 is 23.9 Å². The molecule has 0 aliphatic carbocycles. The molecule has 2 aromatic rings. The van der Waals surface area contributed by atoms with Crippen LogP contribution in [0.2, 0.25) is 0 Å². The summed E-state index contributed by atoms with van der Waals surface area (Å²) in [7, 11) is 1.61. The van der Waals surface area contributed by atoms with Crippen molar-refractivity contribution in [1.29, 1.82) is 0 Å². The lowest BCUT2D eigenvalue weighted by Crippen LogP contribution is -2.20. The second-order valence-corrected chi connectivity index (χ2v) is 8.56. The molecule has 0 bridgehead atoms. The molecule has 6 heteroatoms. The van der Waals surface area contributed by atoms with Crippen LogP contribution < -0.4 is 10.1 Å². The minimum Gasteiger partial charge on any atom is -0.496 e. The van der Waals surface area contributed by atoms with Crippen molar-refractivity contribution in [2.24, 2.45) is 0 Å². The second-order valence-electron chi connectivity index (χ2n) is 8.56. The van der Waals surface area contributed by atoms with Crippen LogP contribution in [0.1, 0.15) is 82.4 Å². The molecule has 2 aromatic carbocycles. The number of carbonyl (C=O) groups is 3. The predicted molar refractivity (Wildman–Crippen MR) is 131 cm³/mol. The van der Waals surface area contributed by atoms with Crippen LogP contribution in [-0.2, 0) is 29.0 Å². The summed E-state index contributed by atoms with van der Waals surface area (Å²) in [6.45, 7) is 3.83. The average molecular weight is 464 g/mol. The number of hydrogen-bond acceptors (Lipinski definition) is 5. The van der Waals surface area contributed by atoms with Gasteiger partial charge >= 0.3 is 5.97 Å². The minimum absolute atomic E-state index is 0.0765. The Labute approximate surface area is 201 Å². The molecular formula is C28H33NO5. The number of ether oxygens (including phenoxy) is 2. The number of nitrogens with one attached hydrogen (secondary N) is 1. The number of methoxy groups -OCH3 is 1. The van der Waals surface area contributed by atoms with E-state index in [1.165, 1.54) is 37.7 Å². The number of unbranched alkanes of at least 4 members (excludes halogenated alkanes) is 6. The molecule has 3 rings (SSSR count). The number of imide groups is 1. The smallest absolute Gasteiger partial charge is 0.310 e. The fourth-order valence-electron chi connectivity index (χ4n) is 4.19. The van der Waals surface area contributed by atoms with Crippen LogP contribution in [0.5, 0.6) is 5.75 Å². The lowest BCUT2D eigenvalue weighted by Gasteiger charge is -2.12. The lowest BCUT2D eigenvalue weighted by molar-refractivity contribution is -0.144. The molecule has 0 radical (unpaired) electrons. The van der Waals surface area contributed by atoms with E-state index >= 15 is 0 Å². The van der Waals surface area contributed by atoms with Gasteiger partial charge in [-0.2, -0.15) is 0 Å². The zero-order chi connectivity index (χ0) is 24.3. The third-order valence-corrected chi connectivity index (χ3v) is 6.05. The lowest BCUT2D eigenvalue weighted by atomic mass is 10.0. The first-order chi connectivity index (χ1) is 16.5. The summed E-state index contributed by atoms with van der Waals surface area (Å²) in [4.78, 5) is 36.3. The van der Waals surface area contributed by atoms with E-state index in [2.05, 4.69) is 18.0 Å². The number of allylic oxidation sites excluding steroid dienone is 1. The van der Waals surface area contributed by atoms with Gasteiger partial charge in [0.25, 0.3) is 11.8 Å². The molecule has 6 nitrogen and oxygen atoms in total. The second kappa shape index (κ2) is 12.7. The first kappa shape index (κ1) is 25.2. The fourth-order valence-corrected chi connectivity index (χ4v) is 4.19. The highest BCUT2D eigenvalue weighted by Crippen LogP contribution is 2.24. The average Bonchev–Trinajstić information content (AvgIpc) is 3.13. The van der Waals surface area contributed by atoms with Crippen LogP contribution in [0.4, 0.5) is 0 Å². The van der Waals surface area contributed by atoms with E-state index in [0.717, 1.165) is 24.8 Å². The Morgan fingerprint density at radius 2 is 1.74 bits per heavy atom. The molecular weight excluding hydrogens is 430 g/mol. The maximum absolute atomic E-state index is 12.4. The molecule has 2 amide bonds. The third-order valence-electron chi connectivity index (χ3n) is 6.05.